The van der Waals surface area contributed by atoms with E-state index in [0.717, 1.165) is 19.3 Å². The van der Waals surface area contributed by atoms with E-state index in [1.807, 2.05) is 20.8 Å². The third kappa shape index (κ3) is 4.67. The predicted molar refractivity (Wildman–Crippen MR) is 86.4 cm³/mol. The van der Waals surface area contributed by atoms with E-state index in [-0.39, 0.29) is 24.6 Å². The van der Waals surface area contributed by atoms with Crippen LogP contribution in [0, 0.1) is 5.92 Å². The molecule has 1 saturated carbocycles. The van der Waals surface area contributed by atoms with E-state index in [4.69, 9.17) is 9.47 Å². The molecule has 9 heteroatoms. The van der Waals surface area contributed by atoms with Crippen LogP contribution in [0.5, 0.6) is 0 Å². The van der Waals surface area contributed by atoms with E-state index in [1.165, 1.54) is 0 Å². The van der Waals surface area contributed by atoms with Gasteiger partial charge in [-0.3, -0.25) is 4.79 Å². The van der Waals surface area contributed by atoms with Crippen molar-refractivity contribution >= 4 is 12.1 Å². The van der Waals surface area contributed by atoms with E-state index in [1.54, 1.807) is 9.58 Å². The molecule has 1 amide bonds. The Hall–Kier alpha value is -2.19. The quantitative estimate of drug-likeness (QED) is 0.761. The molecule has 25 heavy (non-hydrogen) atoms. The van der Waals surface area contributed by atoms with E-state index < -0.39 is 5.60 Å². The predicted octanol–water partition coefficient (Wildman–Crippen LogP) is 1.70. The average molecular weight is 351 g/mol. The van der Waals surface area contributed by atoms with Crippen molar-refractivity contribution in [3.05, 3.63) is 5.82 Å². The Bertz CT molecular complexity index is 635. The summed E-state index contributed by atoms with van der Waals surface area (Å²) >= 11 is 0. The smallest absolute Gasteiger partial charge is 0.410 e. The van der Waals surface area contributed by atoms with E-state index in [2.05, 4.69) is 15.5 Å². The lowest BCUT2D eigenvalue weighted by molar-refractivity contribution is -0.152. The molecule has 1 atom stereocenters. The molecule has 0 bridgehead atoms. The Kier molecular flexibility index (Phi) is 4.91. The largest absolute Gasteiger partial charge is 0.457 e. The highest BCUT2D eigenvalue weighted by Crippen LogP contribution is 2.34. The zero-order chi connectivity index (χ0) is 18.0. The maximum absolute atomic E-state index is 12.4. The second-order valence-electron chi connectivity index (χ2n) is 7.64. The lowest BCUT2D eigenvalue weighted by Crippen LogP contribution is -2.45. The lowest BCUT2D eigenvalue weighted by atomic mass is 9.98. The number of esters is 1. The zero-order valence-electron chi connectivity index (χ0n) is 15.0. The first kappa shape index (κ1) is 17.6. The fourth-order valence-electron chi connectivity index (χ4n) is 2.83. The van der Waals surface area contributed by atoms with E-state index in [0.29, 0.717) is 31.4 Å². The van der Waals surface area contributed by atoms with Crippen molar-refractivity contribution in [3.63, 3.8) is 0 Å². The maximum Gasteiger partial charge on any atom is 0.410 e. The average Bonchev–Trinajstić information content (AvgIpc) is 3.29. The molecule has 1 aliphatic carbocycles. The molecule has 0 spiro atoms. The molecule has 0 radical (unpaired) electrons. The highest BCUT2D eigenvalue weighted by Gasteiger charge is 2.33. The third-order valence-corrected chi connectivity index (χ3v) is 4.20. The minimum atomic E-state index is -0.551. The molecule has 1 saturated heterocycles. The van der Waals surface area contributed by atoms with Crippen LogP contribution >= 0.6 is 0 Å². The minimum Gasteiger partial charge on any atom is -0.457 e. The lowest BCUT2D eigenvalue weighted by Gasteiger charge is -2.33. The van der Waals surface area contributed by atoms with Crippen LogP contribution < -0.4 is 0 Å². The highest BCUT2D eigenvalue weighted by atomic mass is 16.6. The van der Waals surface area contributed by atoms with Gasteiger partial charge in [0.2, 0.25) is 0 Å². The van der Waals surface area contributed by atoms with Crippen LogP contribution in [0.4, 0.5) is 4.79 Å². The molecule has 1 aromatic heterocycles. The molecule has 3 rings (SSSR count). The molecule has 2 aliphatic rings. The van der Waals surface area contributed by atoms with E-state index >= 15 is 0 Å². The van der Waals surface area contributed by atoms with Crippen LogP contribution in [0.1, 0.15) is 58.3 Å². The second-order valence-corrected chi connectivity index (χ2v) is 7.64. The molecule has 2 fully saturated rings. The summed E-state index contributed by atoms with van der Waals surface area (Å²) < 4.78 is 12.5. The standard InChI is InChI=1S/C16H25N5O4/c1-16(2,3)25-15(23)20-8-4-5-11(9-20)14(22)24-10-13-17-18-19-21(13)12-6-7-12/h11-12H,4-10H2,1-3H3. The van der Waals surface area contributed by atoms with Crippen LogP contribution in [0.25, 0.3) is 0 Å². The van der Waals surface area contributed by atoms with Crippen molar-refractivity contribution < 1.29 is 19.1 Å². The molecular formula is C16H25N5O4. The molecule has 1 aliphatic heterocycles. The summed E-state index contributed by atoms with van der Waals surface area (Å²) in [6.07, 6.45) is 3.17. The van der Waals surface area contributed by atoms with Crippen molar-refractivity contribution in [1.82, 2.24) is 25.1 Å². The topological polar surface area (TPSA) is 99.4 Å². The van der Waals surface area contributed by atoms with Gasteiger partial charge in [-0.2, -0.15) is 0 Å². The summed E-state index contributed by atoms with van der Waals surface area (Å²) in [4.78, 5) is 26.1. The Morgan fingerprint density at radius 2 is 2.00 bits per heavy atom. The van der Waals surface area contributed by atoms with Gasteiger partial charge < -0.3 is 14.4 Å². The minimum absolute atomic E-state index is 0.0608. The molecule has 0 N–H and O–H groups in total. The van der Waals surface area contributed by atoms with Gasteiger partial charge in [0.25, 0.3) is 0 Å². The number of hydrogen-bond acceptors (Lipinski definition) is 7. The van der Waals surface area contributed by atoms with Crippen molar-refractivity contribution in [2.75, 3.05) is 13.1 Å². The first-order chi connectivity index (χ1) is 11.8. The number of aromatic nitrogens is 4. The van der Waals surface area contributed by atoms with Crippen LogP contribution in [-0.2, 0) is 20.9 Å². The number of hydrogen-bond donors (Lipinski definition) is 0. The fourth-order valence-corrected chi connectivity index (χ4v) is 2.83. The summed E-state index contributed by atoms with van der Waals surface area (Å²) in [7, 11) is 0. The zero-order valence-corrected chi connectivity index (χ0v) is 15.0. The van der Waals surface area contributed by atoms with Gasteiger partial charge in [-0.25, -0.2) is 9.48 Å². The highest BCUT2D eigenvalue weighted by molar-refractivity contribution is 5.75. The monoisotopic (exact) mass is 351 g/mol. The fraction of sp³-hybridized carbons (Fsp3) is 0.812. The van der Waals surface area contributed by atoms with Gasteiger partial charge in [-0.05, 0) is 56.9 Å². The number of amides is 1. The number of ether oxygens (including phenoxy) is 2. The Labute approximate surface area is 146 Å². The first-order valence-corrected chi connectivity index (χ1v) is 8.75. The summed E-state index contributed by atoms with van der Waals surface area (Å²) in [5.74, 6) is -0.0965. The van der Waals surface area contributed by atoms with E-state index in [9.17, 15) is 9.59 Å². The number of piperidine rings is 1. The molecule has 138 valence electrons. The molecule has 1 aromatic rings. The number of tetrazole rings is 1. The van der Waals surface area contributed by atoms with Crippen LogP contribution in [0.15, 0.2) is 0 Å². The van der Waals surface area contributed by atoms with Crippen LogP contribution in [0.3, 0.4) is 0 Å². The SMILES string of the molecule is CC(C)(C)OC(=O)N1CCCC(C(=O)OCc2nnnn2C2CC2)C1. The molecule has 2 heterocycles. The van der Waals surface area contributed by atoms with Crippen molar-refractivity contribution in [1.29, 1.82) is 0 Å². The summed E-state index contributed by atoms with van der Waals surface area (Å²) in [5, 5.41) is 11.5. The maximum atomic E-state index is 12.4. The van der Waals surface area contributed by atoms with Crippen LogP contribution in [-0.4, -0.2) is 55.9 Å². The molecule has 1 unspecified atom stereocenters. The number of carbonyl (C=O) groups is 2. The number of rotatable bonds is 4. The van der Waals surface area contributed by atoms with Crippen molar-refractivity contribution in [2.45, 2.75) is 64.7 Å². The first-order valence-electron chi connectivity index (χ1n) is 8.75. The molecule has 0 aromatic carbocycles. The summed E-state index contributed by atoms with van der Waals surface area (Å²) in [6.45, 7) is 6.45. The molecule has 9 nitrogen and oxygen atoms in total. The summed E-state index contributed by atoms with van der Waals surface area (Å²) in [5.41, 5.74) is -0.551. The Morgan fingerprint density at radius 3 is 2.68 bits per heavy atom. The Balaban J connectivity index is 1.51. The van der Waals surface area contributed by atoms with Crippen molar-refractivity contribution in [3.8, 4) is 0 Å². The van der Waals surface area contributed by atoms with Gasteiger partial charge in [0.1, 0.15) is 5.60 Å². The summed E-state index contributed by atoms with van der Waals surface area (Å²) in [6, 6.07) is 0.334. The van der Waals surface area contributed by atoms with Gasteiger partial charge >= 0.3 is 12.1 Å². The number of likely N-dealkylation sites (tertiary alicyclic amines) is 1. The second kappa shape index (κ2) is 6.97. The van der Waals surface area contributed by atoms with Gasteiger partial charge in [-0.1, -0.05) is 0 Å². The number of nitrogens with zero attached hydrogens (tertiary/aromatic N) is 5. The van der Waals surface area contributed by atoms with Gasteiger partial charge in [0.05, 0.1) is 12.0 Å². The van der Waals surface area contributed by atoms with Crippen molar-refractivity contribution in [2.24, 2.45) is 5.92 Å². The normalized spacial score (nSPS) is 21.1. The Morgan fingerprint density at radius 1 is 1.24 bits per heavy atom. The molecular weight excluding hydrogens is 326 g/mol. The third-order valence-electron chi connectivity index (χ3n) is 4.20. The van der Waals surface area contributed by atoms with Gasteiger partial charge in [-0.15, -0.1) is 5.10 Å². The number of carbonyl (C=O) groups excluding carboxylic acids is 2. The van der Waals surface area contributed by atoms with Gasteiger partial charge in [0, 0.05) is 13.1 Å². The van der Waals surface area contributed by atoms with Gasteiger partial charge in [0.15, 0.2) is 12.4 Å². The van der Waals surface area contributed by atoms with Crippen LogP contribution in [0.2, 0.25) is 0 Å².